The normalized spacial score (nSPS) is 19.6. The molecule has 0 saturated carbocycles. The molecule has 4 amide bonds. The zero-order valence-corrected chi connectivity index (χ0v) is 33.7. The molecule has 13 nitrogen and oxygen atoms in total. The molecule has 6 rings (SSSR count). The van der Waals surface area contributed by atoms with Gasteiger partial charge in [-0.2, -0.15) is 0 Å². The second-order valence-electron chi connectivity index (χ2n) is 16.0. The standard InChI is InChI=1S/C43H62N6O7/c1-4-5-8-27-55-39(50)16-19-45-17-12-35(13-18-45)46-23-25-47(26-24-46)41(52)38(30-33-28-31(2)40(51)32(3)29-33)56-43(54)48-20-14-36(15-21-48)49-22-11-34-9-6-7-10-37(34)44-42(49)53/h6-7,9-10,28-29,35-36,38,51H,4-5,8,11-27,30H2,1-3H3,(H,44,53)/t38-/m1/s1. The summed E-state index contributed by atoms with van der Waals surface area (Å²) in [6.07, 6.45) is 6.28. The van der Waals surface area contributed by atoms with Crippen molar-refractivity contribution in [3.8, 4) is 5.75 Å². The molecule has 0 aromatic heterocycles. The molecule has 0 aliphatic carbocycles. The fourth-order valence-electron chi connectivity index (χ4n) is 8.73. The Kier molecular flexibility index (Phi) is 14.5. The van der Waals surface area contributed by atoms with E-state index >= 15 is 0 Å². The molecule has 4 heterocycles. The van der Waals surface area contributed by atoms with E-state index in [4.69, 9.17) is 9.47 Å². The number of rotatable bonds is 13. The molecular weight excluding hydrogens is 713 g/mol. The number of nitrogens with zero attached hydrogens (tertiary/aromatic N) is 5. The number of amides is 4. The summed E-state index contributed by atoms with van der Waals surface area (Å²) in [7, 11) is 0. The number of phenolic OH excluding ortho intramolecular Hbond substituents is 1. The lowest BCUT2D eigenvalue weighted by Gasteiger charge is -2.43. The number of ether oxygens (including phenoxy) is 2. The minimum absolute atomic E-state index is 0.00109. The summed E-state index contributed by atoms with van der Waals surface area (Å²) in [5, 5.41) is 13.5. The van der Waals surface area contributed by atoms with E-state index in [9.17, 15) is 24.3 Å². The molecular formula is C43H62N6O7. The summed E-state index contributed by atoms with van der Waals surface area (Å²) < 4.78 is 11.5. The van der Waals surface area contributed by atoms with Gasteiger partial charge in [-0.1, -0.05) is 50.1 Å². The van der Waals surface area contributed by atoms with Gasteiger partial charge in [0.25, 0.3) is 5.91 Å². The molecule has 4 aliphatic heterocycles. The molecule has 2 aromatic rings. The first kappa shape index (κ1) is 41.3. The summed E-state index contributed by atoms with van der Waals surface area (Å²) in [6, 6.07) is 11.9. The van der Waals surface area contributed by atoms with Gasteiger partial charge in [0.05, 0.1) is 13.0 Å². The maximum atomic E-state index is 14.2. The van der Waals surface area contributed by atoms with Crippen LogP contribution in [0.3, 0.4) is 0 Å². The van der Waals surface area contributed by atoms with Crippen molar-refractivity contribution in [2.24, 2.45) is 0 Å². The van der Waals surface area contributed by atoms with Crippen LogP contribution in [-0.2, 0) is 31.9 Å². The third-order valence-corrected chi connectivity index (χ3v) is 12.1. The Morgan fingerprint density at radius 1 is 0.857 bits per heavy atom. The molecule has 0 radical (unpaired) electrons. The van der Waals surface area contributed by atoms with E-state index in [-0.39, 0.29) is 36.1 Å². The minimum atomic E-state index is -1.01. The van der Waals surface area contributed by atoms with Gasteiger partial charge in [-0.3, -0.25) is 14.5 Å². The van der Waals surface area contributed by atoms with E-state index in [0.717, 1.165) is 88.1 Å². The zero-order chi connectivity index (χ0) is 39.6. The molecule has 3 saturated heterocycles. The Hall–Kier alpha value is -4.36. The van der Waals surface area contributed by atoms with Gasteiger partial charge in [-0.05, 0) is 93.8 Å². The third-order valence-electron chi connectivity index (χ3n) is 12.1. The monoisotopic (exact) mass is 774 g/mol. The predicted molar refractivity (Wildman–Crippen MR) is 215 cm³/mol. The second-order valence-corrected chi connectivity index (χ2v) is 16.0. The number of esters is 1. The Labute approximate surface area is 332 Å². The first-order valence-corrected chi connectivity index (χ1v) is 20.9. The number of piperidine rings is 2. The molecule has 0 unspecified atom stereocenters. The number of hydrogen-bond donors (Lipinski definition) is 2. The number of carbonyl (C=O) groups excluding carboxylic acids is 4. The van der Waals surface area contributed by atoms with Crippen LogP contribution in [0.4, 0.5) is 15.3 Å². The van der Waals surface area contributed by atoms with Crippen LogP contribution in [0.5, 0.6) is 5.75 Å². The van der Waals surface area contributed by atoms with E-state index in [1.807, 2.05) is 60.0 Å². The highest BCUT2D eigenvalue weighted by atomic mass is 16.6. The van der Waals surface area contributed by atoms with E-state index in [1.54, 1.807) is 4.90 Å². The lowest BCUT2D eigenvalue weighted by atomic mass is 10.00. The lowest BCUT2D eigenvalue weighted by molar-refractivity contribution is -0.144. The van der Waals surface area contributed by atoms with Crippen molar-refractivity contribution in [2.75, 3.05) is 77.4 Å². The molecule has 56 heavy (non-hydrogen) atoms. The van der Waals surface area contributed by atoms with Gasteiger partial charge in [0.2, 0.25) is 0 Å². The Morgan fingerprint density at radius 2 is 1.54 bits per heavy atom. The molecule has 306 valence electrons. The molecule has 13 heteroatoms. The molecule has 3 fully saturated rings. The number of carbonyl (C=O) groups is 4. The molecule has 2 N–H and O–H groups in total. The number of aryl methyl sites for hydroxylation is 2. The number of phenols is 1. The van der Waals surface area contributed by atoms with Crippen molar-refractivity contribution in [1.29, 1.82) is 0 Å². The number of nitrogens with one attached hydrogen (secondary N) is 1. The van der Waals surface area contributed by atoms with Gasteiger partial charge in [-0.25, -0.2) is 9.59 Å². The number of para-hydroxylation sites is 1. The van der Waals surface area contributed by atoms with Crippen molar-refractivity contribution in [3.63, 3.8) is 0 Å². The number of unbranched alkanes of at least 4 members (excludes halogenated alkanes) is 2. The average Bonchev–Trinajstić information content (AvgIpc) is 3.38. The summed E-state index contributed by atoms with van der Waals surface area (Å²) in [6.45, 7) is 13.0. The van der Waals surface area contributed by atoms with Gasteiger partial charge in [-0.15, -0.1) is 0 Å². The van der Waals surface area contributed by atoms with Crippen LogP contribution in [0.1, 0.15) is 80.5 Å². The quantitative estimate of drug-likeness (QED) is 0.204. The molecule has 0 bridgehead atoms. The van der Waals surface area contributed by atoms with Crippen LogP contribution in [0.15, 0.2) is 36.4 Å². The summed E-state index contributed by atoms with van der Waals surface area (Å²) in [5.74, 6) is -0.0898. The van der Waals surface area contributed by atoms with E-state index < -0.39 is 12.2 Å². The van der Waals surface area contributed by atoms with Crippen LogP contribution < -0.4 is 5.32 Å². The first-order valence-electron chi connectivity index (χ1n) is 20.9. The summed E-state index contributed by atoms with van der Waals surface area (Å²) in [4.78, 5) is 63.4. The SMILES string of the molecule is CCCCCOC(=O)CCN1CCC(N2CCN(C(=O)[C@@H](Cc3cc(C)c(O)c(C)c3)OC(=O)N3CCC(N4CCc5ccccc5NC4=O)CC3)CC2)CC1. The predicted octanol–water partition coefficient (Wildman–Crippen LogP) is 5.34. The molecule has 1 atom stereocenters. The van der Waals surface area contributed by atoms with E-state index in [2.05, 4.69) is 22.0 Å². The first-order chi connectivity index (χ1) is 27.1. The number of benzene rings is 2. The molecule has 4 aliphatic rings. The molecule has 0 spiro atoms. The van der Waals surface area contributed by atoms with Crippen LogP contribution in [0.2, 0.25) is 0 Å². The Morgan fingerprint density at radius 3 is 2.23 bits per heavy atom. The van der Waals surface area contributed by atoms with Crippen molar-refractivity contribution < 1.29 is 33.8 Å². The van der Waals surface area contributed by atoms with Crippen molar-refractivity contribution >= 4 is 29.7 Å². The number of fused-ring (bicyclic) bond motifs is 1. The second kappa shape index (κ2) is 19.7. The number of urea groups is 1. The van der Waals surface area contributed by atoms with Gasteiger partial charge in [0.1, 0.15) is 5.75 Å². The topological polar surface area (TPSA) is 135 Å². The zero-order valence-electron chi connectivity index (χ0n) is 33.7. The highest BCUT2D eigenvalue weighted by Crippen LogP contribution is 2.27. The summed E-state index contributed by atoms with van der Waals surface area (Å²) in [5.41, 5.74) is 4.21. The molecule has 2 aromatic carbocycles. The largest absolute Gasteiger partial charge is 0.507 e. The van der Waals surface area contributed by atoms with Gasteiger partial charge in [0, 0.05) is 76.5 Å². The minimum Gasteiger partial charge on any atom is -0.507 e. The lowest BCUT2D eigenvalue weighted by Crippen LogP contribution is -2.56. The van der Waals surface area contributed by atoms with Crippen molar-refractivity contribution in [2.45, 2.75) is 103 Å². The number of aromatic hydroxyl groups is 1. The van der Waals surface area contributed by atoms with E-state index in [1.165, 1.54) is 0 Å². The highest BCUT2D eigenvalue weighted by Gasteiger charge is 2.36. The Balaban J connectivity index is 1.00. The van der Waals surface area contributed by atoms with Crippen molar-refractivity contribution in [3.05, 3.63) is 58.7 Å². The Bertz CT molecular complexity index is 1640. The highest BCUT2D eigenvalue weighted by molar-refractivity contribution is 5.91. The maximum absolute atomic E-state index is 14.2. The fraction of sp³-hybridized carbons (Fsp3) is 0.628. The van der Waals surface area contributed by atoms with Crippen LogP contribution >= 0.6 is 0 Å². The number of likely N-dealkylation sites (tertiary alicyclic amines) is 2. The third kappa shape index (κ3) is 10.7. The van der Waals surface area contributed by atoms with Crippen LogP contribution in [0.25, 0.3) is 0 Å². The van der Waals surface area contributed by atoms with Crippen LogP contribution in [0, 0.1) is 13.8 Å². The van der Waals surface area contributed by atoms with E-state index in [0.29, 0.717) is 75.8 Å². The average molecular weight is 775 g/mol. The number of piperazine rings is 1. The van der Waals surface area contributed by atoms with Crippen molar-refractivity contribution in [1.82, 2.24) is 24.5 Å². The fourth-order valence-corrected chi connectivity index (χ4v) is 8.73. The van der Waals surface area contributed by atoms with Gasteiger partial charge < -0.3 is 39.5 Å². The maximum Gasteiger partial charge on any atom is 0.410 e. The number of anilines is 1. The van der Waals surface area contributed by atoms with Crippen LogP contribution in [-0.4, -0.2) is 144 Å². The van der Waals surface area contributed by atoms with Gasteiger partial charge >= 0.3 is 18.1 Å². The summed E-state index contributed by atoms with van der Waals surface area (Å²) >= 11 is 0. The smallest absolute Gasteiger partial charge is 0.410 e. The van der Waals surface area contributed by atoms with Gasteiger partial charge in [0.15, 0.2) is 6.10 Å². The number of hydrogen-bond acceptors (Lipinski definition) is 9.